The molecule has 0 radical (unpaired) electrons. The Kier molecular flexibility index (Phi) is 5.55. The lowest BCUT2D eigenvalue weighted by Crippen LogP contribution is -2.14. The van der Waals surface area contributed by atoms with Gasteiger partial charge >= 0.3 is 0 Å². The number of ether oxygens (including phenoxy) is 1. The van der Waals surface area contributed by atoms with Crippen molar-refractivity contribution in [1.82, 2.24) is 0 Å². The Hall–Kier alpha value is -1.14. The van der Waals surface area contributed by atoms with Gasteiger partial charge in [0.15, 0.2) is 9.84 Å². The molecule has 0 aliphatic rings. The summed E-state index contributed by atoms with van der Waals surface area (Å²) < 4.78 is 42.3. The summed E-state index contributed by atoms with van der Waals surface area (Å²) in [4.78, 5) is -0.323. The van der Waals surface area contributed by atoms with Crippen LogP contribution < -0.4 is 5.73 Å². The van der Waals surface area contributed by atoms with E-state index >= 15 is 0 Å². The standard InChI is InChI=1S/C12H18FNO3S/c1-2-3-6-17-7-8-18(15,16)12-5-4-10(14)9-11(12)13/h4-5,9H,2-3,6-8,14H2,1H3. The van der Waals surface area contributed by atoms with Crippen LogP contribution in [0.2, 0.25) is 0 Å². The van der Waals surface area contributed by atoms with E-state index in [0.717, 1.165) is 18.9 Å². The van der Waals surface area contributed by atoms with Crippen LogP contribution in [-0.4, -0.2) is 27.4 Å². The number of hydrogen-bond donors (Lipinski definition) is 1. The number of nitrogens with two attached hydrogens (primary N) is 1. The van der Waals surface area contributed by atoms with Gasteiger partial charge in [-0.3, -0.25) is 0 Å². The highest BCUT2D eigenvalue weighted by atomic mass is 32.2. The van der Waals surface area contributed by atoms with Gasteiger partial charge in [-0.2, -0.15) is 0 Å². The van der Waals surface area contributed by atoms with Crippen LogP contribution >= 0.6 is 0 Å². The van der Waals surface area contributed by atoms with Crippen LogP contribution in [-0.2, 0) is 14.6 Å². The van der Waals surface area contributed by atoms with E-state index in [4.69, 9.17) is 10.5 Å². The predicted molar refractivity (Wildman–Crippen MR) is 68.6 cm³/mol. The molecule has 2 N–H and O–H groups in total. The Bertz CT molecular complexity index is 488. The molecule has 102 valence electrons. The van der Waals surface area contributed by atoms with Crippen LogP contribution in [0.3, 0.4) is 0 Å². The van der Waals surface area contributed by atoms with E-state index in [1.807, 2.05) is 6.92 Å². The zero-order chi connectivity index (χ0) is 13.6. The number of halogens is 1. The van der Waals surface area contributed by atoms with Crippen LogP contribution in [0, 0.1) is 5.82 Å². The van der Waals surface area contributed by atoms with Crippen molar-refractivity contribution in [2.24, 2.45) is 0 Å². The van der Waals surface area contributed by atoms with Crippen LogP contribution in [0.15, 0.2) is 23.1 Å². The molecule has 0 bridgehead atoms. The lowest BCUT2D eigenvalue weighted by Gasteiger charge is -2.07. The molecule has 4 nitrogen and oxygen atoms in total. The number of hydrogen-bond acceptors (Lipinski definition) is 4. The largest absolute Gasteiger partial charge is 0.399 e. The molecule has 1 aromatic rings. The van der Waals surface area contributed by atoms with Gasteiger partial charge in [0.2, 0.25) is 0 Å². The van der Waals surface area contributed by atoms with Crippen molar-refractivity contribution in [2.75, 3.05) is 24.7 Å². The van der Waals surface area contributed by atoms with Gasteiger partial charge in [0.1, 0.15) is 10.7 Å². The highest BCUT2D eigenvalue weighted by molar-refractivity contribution is 7.91. The molecule has 0 unspecified atom stereocenters. The summed E-state index contributed by atoms with van der Waals surface area (Å²) in [5.74, 6) is -1.04. The number of rotatable bonds is 7. The average Bonchev–Trinajstić information content (AvgIpc) is 2.28. The van der Waals surface area contributed by atoms with Gasteiger partial charge in [-0.25, -0.2) is 12.8 Å². The smallest absolute Gasteiger partial charge is 0.183 e. The lowest BCUT2D eigenvalue weighted by molar-refractivity contribution is 0.146. The number of benzene rings is 1. The summed E-state index contributed by atoms with van der Waals surface area (Å²) in [6, 6.07) is 3.56. The van der Waals surface area contributed by atoms with E-state index in [-0.39, 0.29) is 22.9 Å². The van der Waals surface area contributed by atoms with Crippen LogP contribution in [0.25, 0.3) is 0 Å². The SMILES string of the molecule is CCCCOCCS(=O)(=O)c1ccc(N)cc1F. The minimum atomic E-state index is -3.65. The van der Waals surface area contributed by atoms with Gasteiger partial charge in [-0.1, -0.05) is 13.3 Å². The Labute approximate surface area is 107 Å². The normalized spacial score (nSPS) is 11.7. The first kappa shape index (κ1) is 14.9. The van der Waals surface area contributed by atoms with E-state index in [9.17, 15) is 12.8 Å². The highest BCUT2D eigenvalue weighted by Gasteiger charge is 2.18. The summed E-state index contributed by atoms with van der Waals surface area (Å²) >= 11 is 0. The molecule has 0 aromatic heterocycles. The molecule has 0 spiro atoms. The molecule has 1 rings (SSSR count). The predicted octanol–water partition coefficient (Wildman–Crippen LogP) is 2.00. The van der Waals surface area contributed by atoms with E-state index in [1.54, 1.807) is 0 Å². The number of unbranched alkanes of at least 4 members (excludes halogenated alkanes) is 1. The molecule has 0 atom stereocenters. The quantitative estimate of drug-likeness (QED) is 0.610. The first-order valence-electron chi connectivity index (χ1n) is 5.83. The summed E-state index contributed by atoms with van der Waals surface area (Å²) in [5.41, 5.74) is 5.57. The molecule has 0 amide bonds. The lowest BCUT2D eigenvalue weighted by atomic mass is 10.3. The third-order valence-electron chi connectivity index (χ3n) is 2.43. The summed E-state index contributed by atoms with van der Waals surface area (Å²) in [6.45, 7) is 2.62. The summed E-state index contributed by atoms with van der Waals surface area (Å²) in [5, 5.41) is 0. The maximum absolute atomic E-state index is 13.5. The van der Waals surface area contributed by atoms with E-state index in [2.05, 4.69) is 0 Å². The Morgan fingerprint density at radius 3 is 2.67 bits per heavy atom. The first-order valence-corrected chi connectivity index (χ1v) is 7.48. The second kappa shape index (κ2) is 6.70. The molecular weight excluding hydrogens is 257 g/mol. The Morgan fingerprint density at radius 2 is 2.06 bits per heavy atom. The second-order valence-electron chi connectivity index (χ2n) is 3.97. The Balaban J connectivity index is 2.63. The number of nitrogen functional groups attached to an aromatic ring is 1. The van der Waals surface area contributed by atoms with Gasteiger partial charge in [0, 0.05) is 12.3 Å². The van der Waals surface area contributed by atoms with Crippen LogP contribution in [0.4, 0.5) is 10.1 Å². The molecule has 1 aromatic carbocycles. The average molecular weight is 275 g/mol. The fraction of sp³-hybridized carbons (Fsp3) is 0.500. The van der Waals surface area contributed by atoms with Crippen molar-refractivity contribution in [3.8, 4) is 0 Å². The Morgan fingerprint density at radius 1 is 1.33 bits per heavy atom. The maximum Gasteiger partial charge on any atom is 0.183 e. The molecular formula is C12H18FNO3S. The van der Waals surface area contributed by atoms with Crippen molar-refractivity contribution in [3.05, 3.63) is 24.0 Å². The monoisotopic (exact) mass is 275 g/mol. The van der Waals surface area contributed by atoms with Gasteiger partial charge in [-0.05, 0) is 24.6 Å². The van der Waals surface area contributed by atoms with Gasteiger partial charge < -0.3 is 10.5 Å². The third-order valence-corrected chi connectivity index (χ3v) is 4.13. The zero-order valence-corrected chi connectivity index (χ0v) is 11.2. The zero-order valence-electron chi connectivity index (χ0n) is 10.4. The molecule has 0 aliphatic carbocycles. The molecule has 18 heavy (non-hydrogen) atoms. The first-order chi connectivity index (χ1) is 8.47. The van der Waals surface area contributed by atoms with E-state index in [1.165, 1.54) is 12.1 Å². The number of sulfone groups is 1. The minimum absolute atomic E-state index is 0.0755. The molecule has 0 heterocycles. The fourth-order valence-electron chi connectivity index (χ4n) is 1.40. The van der Waals surface area contributed by atoms with E-state index < -0.39 is 15.7 Å². The second-order valence-corrected chi connectivity index (χ2v) is 6.05. The topological polar surface area (TPSA) is 69.4 Å². The molecule has 0 aliphatic heterocycles. The van der Waals surface area contributed by atoms with Crippen molar-refractivity contribution in [1.29, 1.82) is 0 Å². The maximum atomic E-state index is 13.5. The molecule has 6 heteroatoms. The fourth-order valence-corrected chi connectivity index (χ4v) is 2.58. The summed E-state index contributed by atoms with van der Waals surface area (Å²) in [6.07, 6.45) is 1.87. The van der Waals surface area contributed by atoms with Crippen LogP contribution in [0.5, 0.6) is 0 Å². The van der Waals surface area contributed by atoms with Crippen molar-refractivity contribution < 1.29 is 17.5 Å². The molecule has 0 saturated carbocycles. The van der Waals surface area contributed by atoms with Gasteiger partial charge in [-0.15, -0.1) is 0 Å². The molecule has 0 fully saturated rings. The van der Waals surface area contributed by atoms with Crippen molar-refractivity contribution in [2.45, 2.75) is 24.7 Å². The van der Waals surface area contributed by atoms with E-state index in [0.29, 0.717) is 6.61 Å². The summed E-state index contributed by atoms with van der Waals surface area (Å²) in [7, 11) is -3.65. The third kappa shape index (κ3) is 4.27. The van der Waals surface area contributed by atoms with Gasteiger partial charge in [0.25, 0.3) is 0 Å². The highest BCUT2D eigenvalue weighted by Crippen LogP contribution is 2.18. The van der Waals surface area contributed by atoms with Gasteiger partial charge in [0.05, 0.1) is 12.4 Å². The number of anilines is 1. The van der Waals surface area contributed by atoms with Crippen molar-refractivity contribution >= 4 is 15.5 Å². The van der Waals surface area contributed by atoms with Crippen LogP contribution in [0.1, 0.15) is 19.8 Å². The minimum Gasteiger partial charge on any atom is -0.399 e. The van der Waals surface area contributed by atoms with Crippen molar-refractivity contribution in [3.63, 3.8) is 0 Å². The molecule has 0 saturated heterocycles.